The number of carbonyl (C=O) groups is 1. The van der Waals surface area contributed by atoms with Gasteiger partial charge in [0.15, 0.2) is 0 Å². The van der Waals surface area contributed by atoms with Gasteiger partial charge in [-0.2, -0.15) is 4.31 Å². The standard InChI is InChI=1S/C21H25FN4O3S/c22-17-12-18(14-19(13-17)25-8-1-2-9-25)24-21(27)16-5-10-26(11-6-16)30(28,29)20-4-3-7-23-15-20/h3-4,7,12-16H,1-2,5-6,8-11H2,(H,24,27). The molecule has 1 aromatic heterocycles. The van der Waals surface area contributed by atoms with E-state index >= 15 is 0 Å². The summed E-state index contributed by atoms with van der Waals surface area (Å²) in [6.45, 7) is 2.30. The van der Waals surface area contributed by atoms with Crippen molar-refractivity contribution in [2.24, 2.45) is 5.92 Å². The van der Waals surface area contributed by atoms with Gasteiger partial charge in [-0.15, -0.1) is 0 Å². The van der Waals surface area contributed by atoms with E-state index in [0.29, 0.717) is 18.5 Å². The molecule has 0 saturated carbocycles. The number of piperidine rings is 1. The first-order valence-corrected chi connectivity index (χ1v) is 11.6. The van der Waals surface area contributed by atoms with Crippen LogP contribution in [-0.2, 0) is 14.8 Å². The molecular formula is C21H25FN4O3S. The van der Waals surface area contributed by atoms with Crippen LogP contribution in [0.1, 0.15) is 25.7 Å². The van der Waals surface area contributed by atoms with Crippen LogP contribution in [0.4, 0.5) is 15.8 Å². The number of nitrogens with one attached hydrogen (secondary N) is 1. The number of hydrogen-bond donors (Lipinski definition) is 1. The van der Waals surface area contributed by atoms with E-state index in [1.807, 2.05) is 0 Å². The van der Waals surface area contributed by atoms with Gasteiger partial charge >= 0.3 is 0 Å². The highest BCUT2D eigenvalue weighted by Gasteiger charge is 2.32. The van der Waals surface area contributed by atoms with Crippen molar-refractivity contribution in [3.05, 3.63) is 48.5 Å². The Kier molecular flexibility index (Phi) is 6.01. The zero-order valence-corrected chi connectivity index (χ0v) is 17.4. The van der Waals surface area contributed by atoms with Crippen LogP contribution in [0.3, 0.4) is 0 Å². The second kappa shape index (κ2) is 8.69. The Labute approximate surface area is 176 Å². The molecule has 0 aliphatic carbocycles. The van der Waals surface area contributed by atoms with Gasteiger partial charge in [0.05, 0.1) is 0 Å². The highest BCUT2D eigenvalue weighted by atomic mass is 32.2. The highest BCUT2D eigenvalue weighted by molar-refractivity contribution is 7.89. The predicted octanol–water partition coefficient (Wildman–Crippen LogP) is 2.86. The number of anilines is 2. The largest absolute Gasteiger partial charge is 0.371 e. The van der Waals surface area contributed by atoms with Crippen LogP contribution in [-0.4, -0.2) is 49.8 Å². The van der Waals surface area contributed by atoms with Gasteiger partial charge in [-0.25, -0.2) is 12.8 Å². The number of pyridine rings is 1. The number of nitrogens with zero attached hydrogens (tertiary/aromatic N) is 3. The number of halogens is 1. The first kappa shape index (κ1) is 20.7. The number of carbonyl (C=O) groups excluding carboxylic acids is 1. The van der Waals surface area contributed by atoms with Crippen LogP contribution in [0.5, 0.6) is 0 Å². The number of amides is 1. The van der Waals surface area contributed by atoms with Crippen LogP contribution in [0.25, 0.3) is 0 Å². The fourth-order valence-electron chi connectivity index (χ4n) is 4.06. The molecule has 4 rings (SSSR count). The van der Waals surface area contributed by atoms with E-state index in [1.165, 1.54) is 34.9 Å². The summed E-state index contributed by atoms with van der Waals surface area (Å²) >= 11 is 0. The molecule has 9 heteroatoms. The van der Waals surface area contributed by atoms with Crippen molar-refractivity contribution in [3.8, 4) is 0 Å². The van der Waals surface area contributed by atoms with Crippen LogP contribution in [0.15, 0.2) is 47.6 Å². The number of rotatable bonds is 5. The van der Waals surface area contributed by atoms with Crippen molar-refractivity contribution in [3.63, 3.8) is 0 Å². The average molecular weight is 433 g/mol. The third-order valence-electron chi connectivity index (χ3n) is 5.72. The molecular weight excluding hydrogens is 407 g/mol. The van der Waals surface area contributed by atoms with Gasteiger partial charge in [-0.3, -0.25) is 9.78 Å². The fourth-order valence-corrected chi connectivity index (χ4v) is 5.49. The smallest absolute Gasteiger partial charge is 0.244 e. The summed E-state index contributed by atoms with van der Waals surface area (Å²) < 4.78 is 40.8. The number of aromatic nitrogens is 1. The summed E-state index contributed by atoms with van der Waals surface area (Å²) in [5.74, 6) is -0.901. The monoisotopic (exact) mass is 432 g/mol. The summed E-state index contributed by atoms with van der Waals surface area (Å²) in [4.78, 5) is 18.9. The zero-order valence-electron chi connectivity index (χ0n) is 16.6. The Morgan fingerprint density at radius 1 is 1.10 bits per heavy atom. The molecule has 2 aromatic rings. The van der Waals surface area contributed by atoms with Crippen molar-refractivity contribution >= 4 is 27.3 Å². The highest BCUT2D eigenvalue weighted by Crippen LogP contribution is 2.27. The van der Waals surface area contributed by atoms with E-state index in [1.54, 1.807) is 12.1 Å². The summed E-state index contributed by atoms with van der Waals surface area (Å²) in [5.41, 5.74) is 1.22. The maximum Gasteiger partial charge on any atom is 0.244 e. The Morgan fingerprint density at radius 3 is 2.50 bits per heavy atom. The van der Waals surface area contributed by atoms with Crippen LogP contribution in [0, 0.1) is 11.7 Å². The van der Waals surface area contributed by atoms with Crippen molar-refractivity contribution < 1.29 is 17.6 Å². The van der Waals surface area contributed by atoms with Crippen LogP contribution >= 0.6 is 0 Å². The topological polar surface area (TPSA) is 82.6 Å². The van der Waals surface area contributed by atoms with Crippen molar-refractivity contribution in [2.75, 3.05) is 36.4 Å². The van der Waals surface area contributed by atoms with Gasteiger partial charge < -0.3 is 10.2 Å². The molecule has 0 bridgehead atoms. The Hall–Kier alpha value is -2.52. The Bertz CT molecular complexity index is 1000. The molecule has 0 spiro atoms. The van der Waals surface area contributed by atoms with Gasteiger partial charge in [0.25, 0.3) is 0 Å². The second-order valence-electron chi connectivity index (χ2n) is 7.75. The molecule has 0 atom stereocenters. The molecule has 2 fully saturated rings. The van der Waals surface area contributed by atoms with Gasteiger partial charge in [0.2, 0.25) is 15.9 Å². The lowest BCUT2D eigenvalue weighted by molar-refractivity contribution is -0.120. The maximum absolute atomic E-state index is 14.1. The van der Waals surface area contributed by atoms with Crippen molar-refractivity contribution in [1.82, 2.24) is 9.29 Å². The van der Waals surface area contributed by atoms with Gasteiger partial charge in [-0.1, -0.05) is 0 Å². The zero-order chi connectivity index (χ0) is 21.1. The number of sulfonamides is 1. The first-order chi connectivity index (χ1) is 14.4. The summed E-state index contributed by atoms with van der Waals surface area (Å²) in [5, 5.41) is 2.82. The minimum Gasteiger partial charge on any atom is -0.371 e. The normalized spacial score (nSPS) is 18.5. The van der Waals surface area contributed by atoms with Crippen LogP contribution in [0.2, 0.25) is 0 Å². The number of hydrogen-bond acceptors (Lipinski definition) is 5. The summed E-state index contributed by atoms with van der Waals surface area (Å²) in [7, 11) is -3.61. The third kappa shape index (κ3) is 4.46. The number of benzene rings is 1. The molecule has 0 radical (unpaired) electrons. The molecule has 2 aliphatic rings. The average Bonchev–Trinajstić information content (AvgIpc) is 3.29. The SMILES string of the molecule is O=C(Nc1cc(F)cc(N2CCCC2)c1)C1CCN(S(=O)(=O)c2cccnc2)CC1. The maximum atomic E-state index is 14.1. The molecule has 7 nitrogen and oxygen atoms in total. The summed E-state index contributed by atoms with van der Waals surface area (Å²) in [6, 6.07) is 7.71. The Morgan fingerprint density at radius 2 is 1.83 bits per heavy atom. The minimum atomic E-state index is -3.61. The van der Waals surface area contributed by atoms with Crippen molar-refractivity contribution in [2.45, 2.75) is 30.6 Å². The van der Waals surface area contributed by atoms with E-state index in [-0.39, 0.29) is 35.6 Å². The van der Waals surface area contributed by atoms with Gasteiger partial charge in [-0.05, 0) is 56.0 Å². The van der Waals surface area contributed by atoms with E-state index in [4.69, 9.17) is 0 Å². The summed E-state index contributed by atoms with van der Waals surface area (Å²) in [6.07, 6.45) is 5.85. The van der Waals surface area contributed by atoms with Crippen LogP contribution < -0.4 is 10.2 Å². The fraction of sp³-hybridized carbons (Fsp3) is 0.429. The predicted molar refractivity (Wildman–Crippen MR) is 112 cm³/mol. The molecule has 3 heterocycles. The molecule has 160 valence electrons. The molecule has 1 aromatic carbocycles. The van der Waals surface area contributed by atoms with Crippen molar-refractivity contribution in [1.29, 1.82) is 0 Å². The van der Waals surface area contributed by atoms with E-state index in [0.717, 1.165) is 31.6 Å². The first-order valence-electron chi connectivity index (χ1n) is 10.2. The molecule has 2 saturated heterocycles. The van der Waals surface area contributed by atoms with Gasteiger partial charge in [0.1, 0.15) is 10.7 Å². The van der Waals surface area contributed by atoms with E-state index in [2.05, 4.69) is 15.2 Å². The minimum absolute atomic E-state index is 0.155. The van der Waals surface area contributed by atoms with E-state index < -0.39 is 10.0 Å². The lowest BCUT2D eigenvalue weighted by atomic mass is 9.97. The molecule has 1 amide bonds. The second-order valence-corrected chi connectivity index (χ2v) is 9.69. The quantitative estimate of drug-likeness (QED) is 0.786. The third-order valence-corrected chi connectivity index (χ3v) is 7.60. The van der Waals surface area contributed by atoms with Gasteiger partial charge in [0, 0.05) is 55.9 Å². The lowest BCUT2D eigenvalue weighted by Crippen LogP contribution is -2.41. The lowest BCUT2D eigenvalue weighted by Gasteiger charge is -2.30. The van der Waals surface area contributed by atoms with E-state index in [9.17, 15) is 17.6 Å². The molecule has 1 N–H and O–H groups in total. The Balaban J connectivity index is 1.38. The molecule has 30 heavy (non-hydrogen) atoms. The molecule has 0 unspecified atom stereocenters. The molecule has 2 aliphatic heterocycles.